The molecule has 1 heterocycles. The van der Waals surface area contributed by atoms with E-state index in [0.29, 0.717) is 12.5 Å². The molecular weight excluding hydrogens is 333 g/mol. The summed E-state index contributed by atoms with van der Waals surface area (Å²) in [7, 11) is 0. The van der Waals surface area contributed by atoms with E-state index in [2.05, 4.69) is 19.9 Å². The van der Waals surface area contributed by atoms with Crippen LogP contribution in [0, 0.1) is 0 Å². The molecular formula is C17H25F3N4O. The standard InChI is InChI=1S/C17H25F3N4O/c18-17(19,20)25-15-7-5-14(6-8-15)13-23-16(21)22-9-12-24-10-3-1-2-4-11-24/h5-8H,1-4,9-13H2,(H3,21,22,23). The van der Waals surface area contributed by atoms with Crippen LogP contribution >= 0.6 is 0 Å². The van der Waals surface area contributed by atoms with E-state index < -0.39 is 6.36 Å². The van der Waals surface area contributed by atoms with E-state index in [1.54, 1.807) is 0 Å². The van der Waals surface area contributed by atoms with Crippen LogP contribution in [-0.2, 0) is 6.54 Å². The predicted molar refractivity (Wildman–Crippen MR) is 91.4 cm³/mol. The second-order valence-corrected chi connectivity index (χ2v) is 6.08. The molecule has 0 aliphatic carbocycles. The Morgan fingerprint density at radius 2 is 1.76 bits per heavy atom. The zero-order valence-corrected chi connectivity index (χ0v) is 14.2. The van der Waals surface area contributed by atoms with Gasteiger partial charge in [-0.25, -0.2) is 4.99 Å². The summed E-state index contributed by atoms with van der Waals surface area (Å²) in [6.45, 7) is 4.22. The van der Waals surface area contributed by atoms with Crippen molar-refractivity contribution in [2.45, 2.75) is 38.6 Å². The first-order valence-corrected chi connectivity index (χ1v) is 8.53. The van der Waals surface area contributed by atoms with Gasteiger partial charge < -0.3 is 20.7 Å². The molecule has 8 heteroatoms. The molecule has 5 nitrogen and oxygen atoms in total. The van der Waals surface area contributed by atoms with Crippen LogP contribution in [0.5, 0.6) is 5.75 Å². The van der Waals surface area contributed by atoms with Gasteiger partial charge in [0.25, 0.3) is 0 Å². The molecule has 0 aromatic heterocycles. The summed E-state index contributed by atoms with van der Waals surface area (Å²) in [4.78, 5) is 6.62. The van der Waals surface area contributed by atoms with Crippen LogP contribution < -0.4 is 15.8 Å². The second-order valence-electron chi connectivity index (χ2n) is 6.08. The first-order valence-electron chi connectivity index (χ1n) is 8.53. The molecule has 3 N–H and O–H groups in total. The summed E-state index contributed by atoms with van der Waals surface area (Å²) >= 11 is 0. The van der Waals surface area contributed by atoms with Crippen LogP contribution in [0.15, 0.2) is 29.3 Å². The Labute approximate surface area is 146 Å². The van der Waals surface area contributed by atoms with Crippen molar-refractivity contribution in [1.29, 1.82) is 0 Å². The zero-order valence-electron chi connectivity index (χ0n) is 14.2. The molecule has 140 valence electrons. The fourth-order valence-corrected chi connectivity index (χ4v) is 2.73. The first kappa shape index (κ1) is 19.4. The molecule has 1 aromatic rings. The van der Waals surface area contributed by atoms with Gasteiger partial charge in [-0.2, -0.15) is 0 Å². The van der Waals surface area contributed by atoms with E-state index >= 15 is 0 Å². The minimum atomic E-state index is -4.68. The highest BCUT2D eigenvalue weighted by atomic mass is 19.4. The SMILES string of the molecule is NC(=NCc1ccc(OC(F)(F)F)cc1)NCCN1CCCCCC1. The summed E-state index contributed by atoms with van der Waals surface area (Å²) < 4.78 is 40.1. The van der Waals surface area contributed by atoms with Crippen molar-refractivity contribution in [2.75, 3.05) is 26.2 Å². The van der Waals surface area contributed by atoms with Crippen molar-refractivity contribution in [1.82, 2.24) is 10.2 Å². The monoisotopic (exact) mass is 358 g/mol. The molecule has 0 radical (unpaired) electrons. The van der Waals surface area contributed by atoms with Crippen molar-refractivity contribution in [3.05, 3.63) is 29.8 Å². The zero-order chi connectivity index (χ0) is 18.1. The molecule has 0 bridgehead atoms. The topological polar surface area (TPSA) is 62.9 Å². The molecule has 2 rings (SSSR count). The Bertz CT molecular complexity index is 538. The first-order chi connectivity index (χ1) is 11.9. The fraction of sp³-hybridized carbons (Fsp3) is 0.588. The number of nitrogens with one attached hydrogen (secondary N) is 1. The van der Waals surface area contributed by atoms with Gasteiger partial charge in [-0.3, -0.25) is 0 Å². The highest BCUT2D eigenvalue weighted by Gasteiger charge is 2.30. The highest BCUT2D eigenvalue weighted by Crippen LogP contribution is 2.22. The lowest BCUT2D eigenvalue weighted by atomic mass is 10.2. The van der Waals surface area contributed by atoms with Crippen LogP contribution in [0.2, 0.25) is 0 Å². The van der Waals surface area contributed by atoms with Crippen molar-refractivity contribution >= 4 is 5.96 Å². The average Bonchev–Trinajstić information content (AvgIpc) is 2.82. The van der Waals surface area contributed by atoms with Gasteiger partial charge in [0.15, 0.2) is 5.96 Å². The largest absolute Gasteiger partial charge is 0.573 e. The van der Waals surface area contributed by atoms with Crippen LogP contribution in [0.4, 0.5) is 13.2 Å². The number of alkyl halides is 3. The lowest BCUT2D eigenvalue weighted by molar-refractivity contribution is -0.274. The maximum atomic E-state index is 12.1. The van der Waals surface area contributed by atoms with Crippen molar-refractivity contribution in [3.63, 3.8) is 0 Å². The number of benzene rings is 1. The minimum absolute atomic E-state index is 0.247. The Balaban J connectivity index is 1.71. The molecule has 0 amide bonds. The Kier molecular flexibility index (Phi) is 7.36. The predicted octanol–water partition coefficient (Wildman–Crippen LogP) is 2.87. The van der Waals surface area contributed by atoms with Crippen LogP contribution in [-0.4, -0.2) is 43.4 Å². The van der Waals surface area contributed by atoms with Gasteiger partial charge in [-0.05, 0) is 43.6 Å². The van der Waals surface area contributed by atoms with E-state index in [0.717, 1.165) is 31.7 Å². The Hall–Kier alpha value is -1.96. The van der Waals surface area contributed by atoms with Gasteiger partial charge in [-0.15, -0.1) is 13.2 Å². The number of guanidine groups is 1. The molecule has 1 saturated heterocycles. The van der Waals surface area contributed by atoms with Gasteiger partial charge >= 0.3 is 6.36 Å². The van der Waals surface area contributed by atoms with E-state index in [9.17, 15) is 13.2 Å². The van der Waals surface area contributed by atoms with E-state index in [1.807, 2.05) is 0 Å². The van der Waals surface area contributed by atoms with Crippen molar-refractivity contribution < 1.29 is 17.9 Å². The number of rotatable bonds is 6. The number of aliphatic imine (C=N–C) groups is 1. The quantitative estimate of drug-likeness (QED) is 0.606. The van der Waals surface area contributed by atoms with Crippen LogP contribution in [0.1, 0.15) is 31.2 Å². The molecule has 0 spiro atoms. The lowest BCUT2D eigenvalue weighted by Crippen LogP contribution is -2.38. The smallest absolute Gasteiger partial charge is 0.406 e. The Morgan fingerprint density at radius 3 is 2.36 bits per heavy atom. The van der Waals surface area contributed by atoms with Crippen molar-refractivity contribution in [3.8, 4) is 5.75 Å². The van der Waals surface area contributed by atoms with E-state index in [1.165, 1.54) is 49.9 Å². The van der Waals surface area contributed by atoms with Gasteiger partial charge in [0.2, 0.25) is 0 Å². The molecule has 0 unspecified atom stereocenters. The molecule has 0 atom stereocenters. The molecule has 1 aromatic carbocycles. The fourth-order valence-electron chi connectivity index (χ4n) is 2.73. The normalized spacial score (nSPS) is 17.2. The summed E-state index contributed by atoms with van der Waals surface area (Å²) in [5, 5.41) is 3.08. The highest BCUT2D eigenvalue weighted by molar-refractivity contribution is 5.77. The summed E-state index contributed by atoms with van der Waals surface area (Å²) in [5.41, 5.74) is 6.58. The molecule has 1 aliphatic rings. The number of nitrogens with two attached hydrogens (primary N) is 1. The average molecular weight is 358 g/mol. The van der Waals surface area contributed by atoms with Crippen LogP contribution in [0.25, 0.3) is 0 Å². The number of nitrogens with zero attached hydrogens (tertiary/aromatic N) is 2. The summed E-state index contributed by atoms with van der Waals surface area (Å²) in [5.74, 6) is 0.0919. The van der Waals surface area contributed by atoms with Crippen molar-refractivity contribution in [2.24, 2.45) is 10.7 Å². The Morgan fingerprint density at radius 1 is 1.12 bits per heavy atom. The second kappa shape index (κ2) is 9.50. The maximum Gasteiger partial charge on any atom is 0.573 e. The van der Waals surface area contributed by atoms with Gasteiger partial charge in [0.1, 0.15) is 5.75 Å². The summed E-state index contributed by atoms with van der Waals surface area (Å²) in [6.07, 6.45) is 0.428. The number of likely N-dealkylation sites (tertiary alicyclic amines) is 1. The van der Waals surface area contributed by atoms with Gasteiger partial charge in [-0.1, -0.05) is 25.0 Å². The third-order valence-electron chi connectivity index (χ3n) is 4.02. The number of ether oxygens (including phenoxy) is 1. The number of halogens is 3. The van der Waals surface area contributed by atoms with E-state index in [-0.39, 0.29) is 5.75 Å². The number of hydrogen-bond acceptors (Lipinski definition) is 3. The third-order valence-corrected chi connectivity index (χ3v) is 4.02. The third kappa shape index (κ3) is 8.11. The molecule has 1 fully saturated rings. The maximum absolute atomic E-state index is 12.1. The molecule has 1 aliphatic heterocycles. The van der Waals surface area contributed by atoms with E-state index in [4.69, 9.17) is 5.73 Å². The van der Waals surface area contributed by atoms with Gasteiger partial charge in [0, 0.05) is 13.1 Å². The lowest BCUT2D eigenvalue weighted by Gasteiger charge is -2.19. The van der Waals surface area contributed by atoms with Gasteiger partial charge in [0.05, 0.1) is 6.54 Å². The molecule has 25 heavy (non-hydrogen) atoms. The molecule has 0 saturated carbocycles. The summed E-state index contributed by atoms with van der Waals surface area (Å²) in [6, 6.07) is 5.60. The minimum Gasteiger partial charge on any atom is -0.406 e. The van der Waals surface area contributed by atoms with Crippen LogP contribution in [0.3, 0.4) is 0 Å². The number of hydrogen-bond donors (Lipinski definition) is 2.